The number of hydrogen-bond donors (Lipinski definition) is 2. The van der Waals surface area contributed by atoms with Crippen molar-refractivity contribution in [2.24, 2.45) is 0 Å². The number of imidazole rings is 1. The van der Waals surface area contributed by atoms with Crippen molar-refractivity contribution >= 4 is 22.8 Å². The predicted molar refractivity (Wildman–Crippen MR) is 87.9 cm³/mol. The smallest absolute Gasteiger partial charge is 0.240 e. The Kier molecular flexibility index (Phi) is 3.83. The molecule has 0 spiro atoms. The highest BCUT2D eigenvalue weighted by Crippen LogP contribution is 2.20. The first-order chi connectivity index (χ1) is 10.8. The van der Waals surface area contributed by atoms with Crippen LogP contribution in [0, 0.1) is 6.92 Å². The first-order valence-electron chi connectivity index (χ1n) is 7.87. The number of aromatic nitrogens is 2. The zero-order valence-electron chi connectivity index (χ0n) is 13.7. The Morgan fingerprint density at radius 1 is 1.48 bits per heavy atom. The average Bonchev–Trinajstić information content (AvgIpc) is 2.84. The number of amides is 2. The van der Waals surface area contributed by atoms with Crippen LogP contribution >= 0.6 is 0 Å². The molecule has 2 N–H and O–H groups in total. The molecule has 1 saturated heterocycles. The Labute approximate surface area is 135 Å². The zero-order chi connectivity index (χ0) is 16.6. The molecule has 1 aliphatic rings. The summed E-state index contributed by atoms with van der Waals surface area (Å²) in [5.41, 5.74) is 2.54. The second kappa shape index (κ2) is 5.68. The van der Waals surface area contributed by atoms with Gasteiger partial charge >= 0.3 is 0 Å². The molecule has 0 aliphatic carbocycles. The van der Waals surface area contributed by atoms with Crippen molar-refractivity contribution in [1.82, 2.24) is 20.2 Å². The van der Waals surface area contributed by atoms with Crippen LogP contribution in [0.3, 0.4) is 0 Å². The van der Waals surface area contributed by atoms with Gasteiger partial charge in [0.25, 0.3) is 0 Å². The summed E-state index contributed by atoms with van der Waals surface area (Å²) in [4.78, 5) is 28.2. The lowest BCUT2D eigenvalue weighted by Crippen LogP contribution is -2.62. The van der Waals surface area contributed by atoms with E-state index in [9.17, 15) is 9.59 Å². The van der Waals surface area contributed by atoms with E-state index in [-0.39, 0.29) is 24.4 Å². The van der Waals surface area contributed by atoms with Crippen molar-refractivity contribution in [3.8, 4) is 0 Å². The molecule has 0 bridgehead atoms. The van der Waals surface area contributed by atoms with Gasteiger partial charge in [0.05, 0.1) is 28.9 Å². The first kappa shape index (κ1) is 15.5. The Morgan fingerprint density at radius 2 is 2.26 bits per heavy atom. The van der Waals surface area contributed by atoms with Crippen LogP contribution in [0.2, 0.25) is 0 Å². The van der Waals surface area contributed by atoms with Crippen molar-refractivity contribution in [3.63, 3.8) is 0 Å². The molecule has 2 amide bonds. The van der Waals surface area contributed by atoms with Crippen LogP contribution in [0.1, 0.15) is 32.3 Å². The third kappa shape index (κ3) is 3.21. The third-order valence-electron chi connectivity index (χ3n) is 4.42. The number of nitrogens with one attached hydrogen (secondary N) is 2. The van der Waals surface area contributed by atoms with Crippen molar-refractivity contribution < 1.29 is 9.59 Å². The second-order valence-corrected chi connectivity index (χ2v) is 6.79. The lowest BCUT2D eigenvalue weighted by Gasteiger charge is -2.39. The molecule has 0 saturated carbocycles. The summed E-state index contributed by atoms with van der Waals surface area (Å²) in [7, 11) is 0. The minimum absolute atomic E-state index is 0.0385. The number of aryl methyl sites for hydroxylation is 1. The van der Waals surface area contributed by atoms with Crippen LogP contribution in [-0.4, -0.2) is 32.9 Å². The van der Waals surface area contributed by atoms with Crippen LogP contribution < -0.4 is 10.6 Å². The van der Waals surface area contributed by atoms with Gasteiger partial charge in [0.2, 0.25) is 11.8 Å². The minimum Gasteiger partial charge on any atom is -0.349 e. The van der Waals surface area contributed by atoms with E-state index in [0.29, 0.717) is 12.8 Å². The third-order valence-corrected chi connectivity index (χ3v) is 4.42. The summed E-state index contributed by atoms with van der Waals surface area (Å²) >= 11 is 0. The summed E-state index contributed by atoms with van der Waals surface area (Å²) in [5.74, 6) is -0.0309. The molecule has 0 radical (unpaired) electrons. The highest BCUT2D eigenvalue weighted by Gasteiger charge is 2.36. The Morgan fingerprint density at radius 3 is 3.00 bits per heavy atom. The SMILES string of the molecule is Cc1ccc2ncn(CC(=O)NC3CCC(=O)NC3(C)C)c2c1. The molecule has 1 fully saturated rings. The van der Waals surface area contributed by atoms with Crippen molar-refractivity contribution in [2.75, 3.05) is 0 Å². The normalized spacial score (nSPS) is 20.3. The van der Waals surface area contributed by atoms with Crippen molar-refractivity contribution in [3.05, 3.63) is 30.1 Å². The molecule has 1 aromatic heterocycles. The zero-order valence-corrected chi connectivity index (χ0v) is 13.7. The topological polar surface area (TPSA) is 76.0 Å². The number of benzene rings is 1. The predicted octanol–water partition coefficient (Wildman–Crippen LogP) is 1.52. The highest BCUT2D eigenvalue weighted by molar-refractivity contribution is 5.82. The molecule has 122 valence electrons. The molecule has 2 aromatic rings. The van der Waals surface area contributed by atoms with E-state index in [4.69, 9.17) is 0 Å². The van der Waals surface area contributed by atoms with E-state index >= 15 is 0 Å². The van der Waals surface area contributed by atoms with Crippen LogP contribution in [0.25, 0.3) is 11.0 Å². The average molecular weight is 314 g/mol. The van der Waals surface area contributed by atoms with E-state index in [0.717, 1.165) is 16.6 Å². The van der Waals surface area contributed by atoms with Crippen LogP contribution in [-0.2, 0) is 16.1 Å². The summed E-state index contributed by atoms with van der Waals surface area (Å²) in [6.07, 6.45) is 2.80. The Hall–Kier alpha value is -2.37. The van der Waals surface area contributed by atoms with Crippen LogP contribution in [0.5, 0.6) is 0 Å². The van der Waals surface area contributed by atoms with Gasteiger partial charge < -0.3 is 15.2 Å². The quantitative estimate of drug-likeness (QED) is 0.902. The number of carbonyl (C=O) groups is 2. The van der Waals surface area contributed by atoms with E-state index in [2.05, 4.69) is 15.6 Å². The van der Waals surface area contributed by atoms with E-state index in [1.807, 2.05) is 43.5 Å². The van der Waals surface area contributed by atoms with Gasteiger partial charge in [-0.25, -0.2) is 4.98 Å². The number of hydrogen-bond acceptors (Lipinski definition) is 3. The van der Waals surface area contributed by atoms with Gasteiger partial charge in [-0.1, -0.05) is 6.07 Å². The lowest BCUT2D eigenvalue weighted by molar-refractivity contribution is -0.128. The van der Waals surface area contributed by atoms with Crippen LogP contribution in [0.4, 0.5) is 0 Å². The largest absolute Gasteiger partial charge is 0.349 e. The fraction of sp³-hybridized carbons (Fsp3) is 0.471. The summed E-state index contributed by atoms with van der Waals surface area (Å²) in [6, 6.07) is 5.93. The monoisotopic (exact) mass is 314 g/mol. The van der Waals surface area contributed by atoms with E-state index in [1.54, 1.807) is 6.33 Å². The maximum Gasteiger partial charge on any atom is 0.240 e. The van der Waals surface area contributed by atoms with Gasteiger partial charge in [0.1, 0.15) is 6.54 Å². The number of nitrogens with zero attached hydrogens (tertiary/aromatic N) is 2. The van der Waals surface area contributed by atoms with E-state index in [1.165, 1.54) is 0 Å². The highest BCUT2D eigenvalue weighted by atomic mass is 16.2. The van der Waals surface area contributed by atoms with Gasteiger partial charge in [0, 0.05) is 6.42 Å². The molecule has 1 aliphatic heterocycles. The fourth-order valence-corrected chi connectivity index (χ4v) is 3.09. The van der Waals surface area contributed by atoms with Crippen LogP contribution in [0.15, 0.2) is 24.5 Å². The fourth-order valence-electron chi connectivity index (χ4n) is 3.09. The molecule has 23 heavy (non-hydrogen) atoms. The molecule has 1 unspecified atom stereocenters. The number of carbonyl (C=O) groups excluding carboxylic acids is 2. The van der Waals surface area contributed by atoms with Crippen molar-refractivity contribution in [1.29, 1.82) is 0 Å². The molecule has 2 heterocycles. The number of piperidine rings is 1. The van der Waals surface area contributed by atoms with Gasteiger partial charge in [-0.15, -0.1) is 0 Å². The molecular formula is C17H22N4O2. The summed E-state index contributed by atoms with van der Waals surface area (Å²) in [5, 5.41) is 5.98. The maximum absolute atomic E-state index is 12.4. The Balaban J connectivity index is 1.71. The summed E-state index contributed by atoms with van der Waals surface area (Å²) in [6.45, 7) is 6.11. The molecule has 3 rings (SSSR count). The second-order valence-electron chi connectivity index (χ2n) is 6.79. The minimum atomic E-state index is -0.432. The maximum atomic E-state index is 12.4. The van der Waals surface area contributed by atoms with Gasteiger partial charge in [-0.3, -0.25) is 9.59 Å². The number of rotatable bonds is 3. The molecule has 6 heteroatoms. The molecular weight excluding hydrogens is 292 g/mol. The van der Waals surface area contributed by atoms with Gasteiger partial charge in [0.15, 0.2) is 0 Å². The first-order valence-corrected chi connectivity index (χ1v) is 7.87. The molecule has 1 atom stereocenters. The van der Waals surface area contributed by atoms with Gasteiger partial charge in [-0.2, -0.15) is 0 Å². The van der Waals surface area contributed by atoms with Crippen molar-refractivity contribution in [2.45, 2.75) is 51.7 Å². The molecule has 6 nitrogen and oxygen atoms in total. The summed E-state index contributed by atoms with van der Waals surface area (Å²) < 4.78 is 1.85. The standard InChI is InChI=1S/C17H22N4O2/c1-11-4-5-12-13(8-11)21(10-18-12)9-16(23)19-14-6-7-15(22)20-17(14,2)3/h4-5,8,10,14H,6-7,9H2,1-3H3,(H,19,23)(H,20,22). The van der Waals surface area contributed by atoms with Gasteiger partial charge in [-0.05, 0) is 44.9 Å². The Bertz CT molecular complexity index is 763. The number of fused-ring (bicyclic) bond motifs is 1. The molecule has 1 aromatic carbocycles. The van der Waals surface area contributed by atoms with E-state index < -0.39 is 5.54 Å². The lowest BCUT2D eigenvalue weighted by atomic mass is 9.87.